The second kappa shape index (κ2) is 14.1. The molecular formula is C36H38F3N3O11. The molecule has 2 aromatic carbocycles. The van der Waals surface area contributed by atoms with Gasteiger partial charge in [-0.15, -0.1) is 0 Å². The molecule has 17 heteroatoms. The number of rotatable bonds is 11. The minimum atomic E-state index is -4.70. The Morgan fingerprint density at radius 2 is 1.75 bits per heavy atom. The number of hydrogen-bond acceptors (Lipinski definition) is 12. The molecule has 53 heavy (non-hydrogen) atoms. The van der Waals surface area contributed by atoms with Gasteiger partial charge in [0.2, 0.25) is 11.8 Å². The number of alkyl halides is 3. The first-order valence-corrected chi connectivity index (χ1v) is 17.2. The van der Waals surface area contributed by atoms with Crippen molar-refractivity contribution in [3.63, 3.8) is 0 Å². The summed E-state index contributed by atoms with van der Waals surface area (Å²) in [6.45, 7) is -1.12. The molecule has 284 valence electrons. The summed E-state index contributed by atoms with van der Waals surface area (Å²) < 4.78 is 61.3. The zero-order valence-electron chi connectivity index (χ0n) is 28.4. The number of ether oxygens (including phenoxy) is 4. The molecule has 2 aromatic rings. The van der Waals surface area contributed by atoms with Gasteiger partial charge in [-0.3, -0.25) is 19.2 Å². The highest BCUT2D eigenvalue weighted by Gasteiger charge is 2.76. The van der Waals surface area contributed by atoms with Gasteiger partial charge in [-0.05, 0) is 35.3 Å². The Hall–Kier alpha value is -4.39. The van der Waals surface area contributed by atoms with Gasteiger partial charge in [0.15, 0.2) is 18.4 Å². The second-order valence-corrected chi connectivity index (χ2v) is 13.9. The van der Waals surface area contributed by atoms with Crippen LogP contribution >= 0.6 is 0 Å². The average molecular weight is 746 g/mol. The fourth-order valence-corrected chi connectivity index (χ4v) is 8.10. The lowest BCUT2D eigenvalue weighted by molar-refractivity contribution is -0.217. The summed E-state index contributed by atoms with van der Waals surface area (Å²) in [5.74, 6) is -4.69. The number of carbonyl (C=O) groups excluding carboxylic acids is 4. The molecule has 1 saturated carbocycles. The standard InChI is InChI=1S/C36H38F3N3O11/c1-19(44)26(31(46)40-12-13-43)41-33(48)35-16-24-27-28(52-34(51-27)14-21-7-3-4-8-22(21)15-34)30(35)53-42(29(35)32(47)50-24)17-23-9-5-2-6-20(23)10-11-25(45)49-18-36(37,38)39/h2-11,19,24,26-30,43-44H,12-18H2,1H3,(H,40,46)(H,41,48)/t19-,24+,26+,27-,28-,29-,30+,35-/m0/s1. The Labute approximate surface area is 301 Å². The summed E-state index contributed by atoms with van der Waals surface area (Å²) in [5.41, 5.74) is 1.16. The van der Waals surface area contributed by atoms with Crippen molar-refractivity contribution in [3.8, 4) is 0 Å². The van der Waals surface area contributed by atoms with Gasteiger partial charge in [-0.1, -0.05) is 48.5 Å². The highest BCUT2D eigenvalue weighted by Crippen LogP contribution is 2.58. The predicted molar refractivity (Wildman–Crippen MR) is 174 cm³/mol. The summed E-state index contributed by atoms with van der Waals surface area (Å²) >= 11 is 0. The lowest BCUT2D eigenvalue weighted by Gasteiger charge is -2.49. The third-order valence-corrected chi connectivity index (χ3v) is 10.3. The van der Waals surface area contributed by atoms with Gasteiger partial charge in [-0.25, -0.2) is 4.79 Å². The van der Waals surface area contributed by atoms with Gasteiger partial charge in [-0.2, -0.15) is 18.2 Å². The number of aliphatic hydroxyl groups is 2. The van der Waals surface area contributed by atoms with E-state index < -0.39 is 90.3 Å². The number of amides is 2. The number of hydrogen-bond donors (Lipinski definition) is 4. The van der Waals surface area contributed by atoms with Crippen LogP contribution in [-0.2, 0) is 62.3 Å². The van der Waals surface area contributed by atoms with Crippen LogP contribution in [0.2, 0.25) is 0 Å². The summed E-state index contributed by atoms with van der Waals surface area (Å²) in [5, 5.41) is 26.1. The monoisotopic (exact) mass is 745 g/mol. The van der Waals surface area contributed by atoms with Crippen LogP contribution in [0.25, 0.3) is 6.08 Å². The van der Waals surface area contributed by atoms with Gasteiger partial charge in [0.05, 0.1) is 19.3 Å². The van der Waals surface area contributed by atoms with Crippen molar-refractivity contribution in [3.05, 3.63) is 76.9 Å². The fourth-order valence-electron chi connectivity index (χ4n) is 8.10. The molecule has 3 heterocycles. The normalized spacial score (nSPS) is 29.3. The highest BCUT2D eigenvalue weighted by atomic mass is 19.4. The lowest BCUT2D eigenvalue weighted by atomic mass is 9.62. The van der Waals surface area contributed by atoms with Crippen LogP contribution in [0.1, 0.15) is 35.6 Å². The zero-order chi connectivity index (χ0) is 37.7. The Kier molecular flexibility index (Phi) is 9.84. The summed E-state index contributed by atoms with van der Waals surface area (Å²) in [4.78, 5) is 60.3. The van der Waals surface area contributed by atoms with E-state index in [9.17, 15) is 42.6 Å². The number of hydroxylamine groups is 2. The van der Waals surface area contributed by atoms with Crippen LogP contribution in [0.15, 0.2) is 54.6 Å². The SMILES string of the molecule is C[C@H](O)[C@@H](NC(=O)[C@@]12C[C@H]3OC(=O)[C@@H]1N(Cc1ccccc1C=CC(=O)OCC(F)(F)F)O[C@@H]2[C@H]1OC2(Cc4ccccc4C2)O[C@H]13)C(=O)NCCO. The fraction of sp³-hybridized carbons (Fsp3) is 0.500. The molecule has 3 aliphatic heterocycles. The van der Waals surface area contributed by atoms with Gasteiger partial charge in [0.1, 0.15) is 35.9 Å². The van der Waals surface area contributed by atoms with E-state index in [-0.39, 0.29) is 26.1 Å². The minimum absolute atomic E-state index is 0.0820. The maximum absolute atomic E-state index is 14.7. The van der Waals surface area contributed by atoms with Crippen molar-refractivity contribution in [2.24, 2.45) is 5.41 Å². The molecule has 3 saturated heterocycles. The number of fused-ring (bicyclic) bond motifs is 5. The topological polar surface area (TPSA) is 182 Å². The van der Waals surface area contributed by atoms with Gasteiger partial charge >= 0.3 is 18.1 Å². The van der Waals surface area contributed by atoms with E-state index in [1.807, 2.05) is 24.3 Å². The van der Waals surface area contributed by atoms with Crippen LogP contribution in [0.4, 0.5) is 13.2 Å². The average Bonchev–Trinajstić information content (AvgIpc) is 3.79. The molecule has 4 N–H and O–H groups in total. The van der Waals surface area contributed by atoms with Crippen molar-refractivity contribution >= 4 is 29.8 Å². The van der Waals surface area contributed by atoms with Crippen molar-refractivity contribution in [2.75, 3.05) is 19.8 Å². The van der Waals surface area contributed by atoms with Crippen molar-refractivity contribution in [1.82, 2.24) is 15.7 Å². The van der Waals surface area contributed by atoms with E-state index in [1.54, 1.807) is 24.3 Å². The summed E-state index contributed by atoms with van der Waals surface area (Å²) in [6, 6.07) is 11.4. The first-order valence-electron chi connectivity index (χ1n) is 17.2. The number of carbonyl (C=O) groups is 4. The highest BCUT2D eigenvalue weighted by molar-refractivity contribution is 5.96. The van der Waals surface area contributed by atoms with E-state index in [0.29, 0.717) is 24.0 Å². The van der Waals surface area contributed by atoms with E-state index in [0.717, 1.165) is 17.2 Å². The number of nitrogens with zero attached hydrogens (tertiary/aromatic N) is 1. The first kappa shape index (κ1) is 36.9. The maximum atomic E-state index is 14.7. The van der Waals surface area contributed by atoms with E-state index in [4.69, 9.17) is 19.0 Å². The van der Waals surface area contributed by atoms with Gasteiger partial charge < -0.3 is 39.8 Å². The third kappa shape index (κ3) is 6.92. The molecule has 0 unspecified atom stereocenters. The maximum Gasteiger partial charge on any atom is 0.422 e. The van der Waals surface area contributed by atoms with E-state index in [2.05, 4.69) is 15.4 Å². The molecule has 8 atom stereocenters. The third-order valence-electron chi connectivity index (χ3n) is 10.3. The molecule has 1 spiro atoms. The number of esters is 2. The van der Waals surface area contributed by atoms with Gasteiger partial charge in [0.25, 0.3) is 0 Å². The molecular weight excluding hydrogens is 707 g/mol. The Morgan fingerprint density at radius 3 is 2.43 bits per heavy atom. The Bertz CT molecular complexity index is 1780. The predicted octanol–water partition coefficient (Wildman–Crippen LogP) is 0.858. The molecule has 0 aromatic heterocycles. The Balaban J connectivity index is 1.22. The summed E-state index contributed by atoms with van der Waals surface area (Å²) in [7, 11) is 0. The molecule has 14 nitrogen and oxygen atoms in total. The van der Waals surface area contributed by atoms with E-state index in [1.165, 1.54) is 18.1 Å². The van der Waals surface area contributed by atoms with E-state index >= 15 is 0 Å². The largest absolute Gasteiger partial charge is 0.458 e. The first-order chi connectivity index (χ1) is 25.2. The molecule has 0 radical (unpaired) electrons. The molecule has 2 aliphatic carbocycles. The molecule has 2 amide bonds. The molecule has 4 fully saturated rings. The molecule has 5 aliphatic rings. The quantitative estimate of drug-likeness (QED) is 0.189. The number of benzene rings is 2. The number of nitrogens with one attached hydrogen (secondary N) is 2. The smallest absolute Gasteiger partial charge is 0.422 e. The van der Waals surface area contributed by atoms with Crippen LogP contribution in [-0.4, -0.2) is 113 Å². The molecule has 2 bridgehead atoms. The number of aliphatic hydroxyl groups excluding tert-OH is 2. The zero-order valence-corrected chi connectivity index (χ0v) is 28.4. The van der Waals surface area contributed by atoms with Crippen molar-refractivity contribution < 1.29 is 66.3 Å². The molecule has 7 rings (SSSR count). The lowest BCUT2D eigenvalue weighted by Crippen LogP contribution is -2.71. The van der Waals surface area contributed by atoms with Crippen molar-refractivity contribution in [1.29, 1.82) is 0 Å². The minimum Gasteiger partial charge on any atom is -0.458 e. The van der Waals surface area contributed by atoms with Gasteiger partial charge in [0, 0.05) is 31.9 Å². The number of halogens is 3. The second-order valence-electron chi connectivity index (χ2n) is 13.9. The van der Waals surface area contributed by atoms with Crippen LogP contribution in [0, 0.1) is 5.41 Å². The van der Waals surface area contributed by atoms with Crippen LogP contribution in [0.3, 0.4) is 0 Å². The van der Waals surface area contributed by atoms with Crippen molar-refractivity contribution in [2.45, 2.75) is 87.3 Å². The summed E-state index contributed by atoms with van der Waals surface area (Å²) in [6.07, 6.45) is -7.10. The van der Waals surface area contributed by atoms with Crippen LogP contribution < -0.4 is 10.6 Å². The van der Waals surface area contributed by atoms with Crippen LogP contribution in [0.5, 0.6) is 0 Å². The Morgan fingerprint density at radius 1 is 1.08 bits per heavy atom.